The molecule has 0 spiro atoms. The number of imide groups is 1. The number of piperazine rings is 1. The second kappa shape index (κ2) is 9.47. The van der Waals surface area contributed by atoms with E-state index in [-0.39, 0.29) is 23.4 Å². The molecule has 1 saturated carbocycles. The van der Waals surface area contributed by atoms with Gasteiger partial charge in [-0.15, -0.1) is 0 Å². The van der Waals surface area contributed by atoms with Gasteiger partial charge in [-0.3, -0.25) is 15.0 Å². The normalized spacial score (nSPS) is 21.0. The van der Waals surface area contributed by atoms with Crippen molar-refractivity contribution in [1.29, 1.82) is 0 Å². The van der Waals surface area contributed by atoms with Crippen molar-refractivity contribution in [3.05, 3.63) is 18.3 Å². The summed E-state index contributed by atoms with van der Waals surface area (Å²) in [5.74, 6) is 0.385. The van der Waals surface area contributed by atoms with Crippen molar-refractivity contribution in [2.45, 2.75) is 23.8 Å². The molecule has 3 fully saturated rings. The van der Waals surface area contributed by atoms with Gasteiger partial charge in [0.15, 0.2) is 0 Å². The van der Waals surface area contributed by atoms with Crippen LogP contribution in [0.3, 0.4) is 0 Å². The fourth-order valence-corrected chi connectivity index (χ4v) is 4.96. The van der Waals surface area contributed by atoms with E-state index in [1.807, 2.05) is 4.90 Å². The number of rotatable bonds is 6. The Morgan fingerprint density at radius 1 is 1.06 bits per heavy atom. The highest BCUT2D eigenvalue weighted by atomic mass is 32.2. The lowest BCUT2D eigenvalue weighted by atomic mass is 10.3. The maximum Gasteiger partial charge on any atom is 0.321 e. The number of morpholine rings is 1. The number of hydrogen-bond donors (Lipinski definition) is 2. The van der Waals surface area contributed by atoms with Crippen LogP contribution in [0.4, 0.5) is 10.6 Å². The number of aromatic nitrogens is 1. The Hall–Kier alpha value is -2.28. The lowest BCUT2D eigenvalue weighted by molar-refractivity contribution is -0.121. The zero-order chi connectivity index (χ0) is 21.8. The Morgan fingerprint density at radius 3 is 2.39 bits per heavy atom. The summed E-state index contributed by atoms with van der Waals surface area (Å²) in [5.41, 5.74) is 0. The summed E-state index contributed by atoms with van der Waals surface area (Å²) in [7, 11) is -3.56. The van der Waals surface area contributed by atoms with Crippen LogP contribution in [0.1, 0.15) is 12.8 Å². The molecule has 0 atom stereocenters. The summed E-state index contributed by atoms with van der Waals surface area (Å²) in [6.45, 7) is 4.27. The molecule has 3 amide bonds. The molecular formula is C19H28N6O5S. The highest BCUT2D eigenvalue weighted by molar-refractivity contribution is 7.89. The molecule has 4 rings (SSSR count). The van der Waals surface area contributed by atoms with Gasteiger partial charge in [0.05, 0.1) is 19.8 Å². The van der Waals surface area contributed by atoms with Gasteiger partial charge in [0.2, 0.25) is 15.9 Å². The first-order chi connectivity index (χ1) is 14.9. The molecule has 12 heteroatoms. The van der Waals surface area contributed by atoms with Gasteiger partial charge < -0.3 is 15.0 Å². The number of nitrogens with one attached hydrogen (secondary N) is 2. The Balaban J connectivity index is 1.25. The van der Waals surface area contributed by atoms with Crippen LogP contribution >= 0.6 is 0 Å². The molecule has 2 saturated heterocycles. The predicted octanol–water partition coefficient (Wildman–Crippen LogP) is -0.787. The van der Waals surface area contributed by atoms with Gasteiger partial charge in [0.25, 0.3) is 0 Å². The molecule has 0 radical (unpaired) electrons. The summed E-state index contributed by atoms with van der Waals surface area (Å²) in [4.78, 5) is 32.3. The van der Waals surface area contributed by atoms with Gasteiger partial charge in [0.1, 0.15) is 10.7 Å². The van der Waals surface area contributed by atoms with Crippen LogP contribution in [0.15, 0.2) is 23.2 Å². The van der Waals surface area contributed by atoms with Gasteiger partial charge in [-0.25, -0.2) is 18.2 Å². The molecule has 1 aromatic heterocycles. The van der Waals surface area contributed by atoms with Gasteiger partial charge in [-0.1, -0.05) is 0 Å². The maximum absolute atomic E-state index is 12.7. The van der Waals surface area contributed by atoms with Crippen molar-refractivity contribution >= 4 is 27.8 Å². The van der Waals surface area contributed by atoms with Gasteiger partial charge in [-0.05, 0) is 25.0 Å². The van der Waals surface area contributed by atoms with Crippen LogP contribution in [-0.4, -0.2) is 99.6 Å². The lowest BCUT2D eigenvalue weighted by Gasteiger charge is -2.35. The quantitative estimate of drug-likeness (QED) is 0.576. The van der Waals surface area contributed by atoms with E-state index in [1.165, 1.54) is 10.5 Å². The fourth-order valence-electron chi connectivity index (χ4n) is 3.60. The molecule has 2 aliphatic heterocycles. The highest BCUT2D eigenvalue weighted by Crippen LogP contribution is 2.20. The third kappa shape index (κ3) is 5.70. The van der Waals surface area contributed by atoms with E-state index in [1.54, 1.807) is 12.1 Å². The zero-order valence-electron chi connectivity index (χ0n) is 17.3. The molecular weight excluding hydrogens is 424 g/mol. The topological polar surface area (TPSA) is 124 Å². The van der Waals surface area contributed by atoms with Crippen molar-refractivity contribution in [2.75, 3.05) is 63.9 Å². The largest absolute Gasteiger partial charge is 0.379 e. The molecule has 3 heterocycles. The maximum atomic E-state index is 12.7. The summed E-state index contributed by atoms with van der Waals surface area (Å²) in [6.07, 6.45) is 3.34. The van der Waals surface area contributed by atoms with E-state index in [4.69, 9.17) is 4.74 Å². The Labute approximate surface area is 181 Å². The van der Waals surface area contributed by atoms with E-state index in [0.29, 0.717) is 58.3 Å². The van der Waals surface area contributed by atoms with Gasteiger partial charge >= 0.3 is 6.03 Å². The Kier molecular flexibility index (Phi) is 6.70. The van der Waals surface area contributed by atoms with Crippen molar-refractivity contribution in [3.63, 3.8) is 0 Å². The SMILES string of the molecule is O=C(CN1CCN(c2ccc(S(=O)(=O)N3CCOCC3)cn2)CC1)NC(=O)NC1CC1. The molecule has 1 aromatic rings. The minimum absolute atomic E-state index is 0.163. The second-order valence-corrected chi connectivity index (χ2v) is 9.87. The summed E-state index contributed by atoms with van der Waals surface area (Å²) >= 11 is 0. The average molecular weight is 453 g/mol. The van der Waals surface area contributed by atoms with E-state index in [9.17, 15) is 18.0 Å². The lowest BCUT2D eigenvalue weighted by Crippen LogP contribution is -2.51. The Morgan fingerprint density at radius 2 is 1.77 bits per heavy atom. The van der Waals surface area contributed by atoms with Crippen molar-refractivity contribution < 1.29 is 22.7 Å². The molecule has 0 unspecified atom stereocenters. The third-order valence-corrected chi connectivity index (χ3v) is 7.44. The number of pyridine rings is 1. The first-order valence-corrected chi connectivity index (χ1v) is 12.0. The number of sulfonamides is 1. The van der Waals surface area contributed by atoms with Crippen LogP contribution in [0.2, 0.25) is 0 Å². The monoisotopic (exact) mass is 452 g/mol. The van der Waals surface area contributed by atoms with Gasteiger partial charge in [-0.2, -0.15) is 4.31 Å². The molecule has 31 heavy (non-hydrogen) atoms. The molecule has 0 aromatic carbocycles. The standard InChI is InChI=1S/C19H28N6O5S/c26-18(22-19(27)21-15-1-2-15)14-23-5-7-24(8-6-23)17-4-3-16(13-20-17)31(28,29)25-9-11-30-12-10-25/h3-4,13,15H,1-2,5-12,14H2,(H2,21,22,26,27). The zero-order valence-corrected chi connectivity index (χ0v) is 18.1. The first kappa shape index (κ1) is 21.9. The molecule has 1 aliphatic carbocycles. The van der Waals surface area contributed by atoms with E-state index < -0.39 is 16.1 Å². The van der Waals surface area contributed by atoms with E-state index in [0.717, 1.165) is 12.8 Å². The Bertz CT molecular complexity index is 891. The predicted molar refractivity (Wildman–Crippen MR) is 112 cm³/mol. The molecule has 2 N–H and O–H groups in total. The number of carbonyl (C=O) groups is 2. The van der Waals surface area contributed by atoms with Crippen LogP contribution in [-0.2, 0) is 19.6 Å². The van der Waals surface area contributed by atoms with Crippen LogP contribution in [0.25, 0.3) is 0 Å². The van der Waals surface area contributed by atoms with E-state index in [2.05, 4.69) is 20.5 Å². The molecule has 170 valence electrons. The third-order valence-electron chi connectivity index (χ3n) is 5.56. The summed E-state index contributed by atoms with van der Waals surface area (Å²) in [5, 5.41) is 5.09. The van der Waals surface area contributed by atoms with Crippen molar-refractivity contribution in [3.8, 4) is 0 Å². The fraction of sp³-hybridized carbons (Fsp3) is 0.632. The van der Waals surface area contributed by atoms with E-state index >= 15 is 0 Å². The number of urea groups is 1. The number of anilines is 1. The number of carbonyl (C=O) groups excluding carboxylic acids is 2. The van der Waals surface area contributed by atoms with Crippen LogP contribution in [0, 0.1) is 0 Å². The van der Waals surface area contributed by atoms with Crippen LogP contribution in [0.5, 0.6) is 0 Å². The number of nitrogens with zero attached hydrogens (tertiary/aromatic N) is 4. The highest BCUT2D eigenvalue weighted by Gasteiger charge is 2.28. The number of ether oxygens (including phenoxy) is 1. The minimum atomic E-state index is -3.56. The van der Waals surface area contributed by atoms with Crippen LogP contribution < -0.4 is 15.5 Å². The van der Waals surface area contributed by atoms with Gasteiger partial charge in [0, 0.05) is 51.5 Å². The number of hydrogen-bond acceptors (Lipinski definition) is 8. The molecule has 0 bridgehead atoms. The molecule has 11 nitrogen and oxygen atoms in total. The average Bonchev–Trinajstić information content (AvgIpc) is 3.58. The smallest absolute Gasteiger partial charge is 0.321 e. The molecule has 3 aliphatic rings. The first-order valence-electron chi connectivity index (χ1n) is 10.5. The van der Waals surface area contributed by atoms with Crippen molar-refractivity contribution in [1.82, 2.24) is 24.8 Å². The minimum Gasteiger partial charge on any atom is -0.379 e. The second-order valence-electron chi connectivity index (χ2n) is 7.93. The number of amides is 3. The van der Waals surface area contributed by atoms with Crippen molar-refractivity contribution in [2.24, 2.45) is 0 Å². The summed E-state index contributed by atoms with van der Waals surface area (Å²) in [6, 6.07) is 3.09. The summed E-state index contributed by atoms with van der Waals surface area (Å²) < 4.78 is 32.0.